The molecule has 39 heavy (non-hydrogen) atoms. The van der Waals surface area contributed by atoms with Gasteiger partial charge in [-0.2, -0.15) is 0 Å². The maximum Gasteiger partial charge on any atom is 4.00 e. The average Bonchev–Trinajstić information content (AvgIpc) is 3.54. The third kappa shape index (κ3) is 7.34. The van der Waals surface area contributed by atoms with Crippen molar-refractivity contribution in [2.45, 2.75) is 39.5 Å². The molecule has 2 heterocycles. The standard InChI is InChI=1S/2C17H16N.2ClH.Zr/c2*1-12(2)15-7-5-6-13-10-14(11-16(13)15)17-8-3-4-9-18-17;;;/h2*3-12H,1-2H3;2*1H;/q2*-1;;;+4/p-2. The Labute approximate surface area is 263 Å². The van der Waals surface area contributed by atoms with E-state index < -0.39 is 0 Å². The second-order valence-corrected chi connectivity index (χ2v) is 9.93. The van der Waals surface area contributed by atoms with E-state index in [2.05, 4.69) is 110 Å². The Balaban J connectivity index is 0.000000254. The van der Waals surface area contributed by atoms with E-state index in [0.29, 0.717) is 11.8 Å². The van der Waals surface area contributed by atoms with E-state index >= 15 is 0 Å². The van der Waals surface area contributed by atoms with Gasteiger partial charge in [0, 0.05) is 23.8 Å². The molecule has 0 N–H and O–H groups in total. The van der Waals surface area contributed by atoms with Gasteiger partial charge in [0.15, 0.2) is 0 Å². The molecule has 2 aromatic heterocycles. The van der Waals surface area contributed by atoms with E-state index in [4.69, 9.17) is 0 Å². The van der Waals surface area contributed by atoms with Crippen LogP contribution in [0.5, 0.6) is 0 Å². The fourth-order valence-electron chi connectivity index (χ4n) is 4.89. The molecule has 5 heteroatoms. The van der Waals surface area contributed by atoms with E-state index in [-0.39, 0.29) is 51.0 Å². The average molecular weight is 631 g/mol. The first-order valence-electron chi connectivity index (χ1n) is 12.7. The molecule has 2 nitrogen and oxygen atoms in total. The van der Waals surface area contributed by atoms with Crippen molar-refractivity contribution >= 4 is 21.5 Å². The molecule has 0 bridgehead atoms. The minimum absolute atomic E-state index is 0. The summed E-state index contributed by atoms with van der Waals surface area (Å²) in [7, 11) is 0. The SMILES string of the molecule is CC(C)c1cccc2[cH-]c(-c3ccccn3)cc12.CC(C)c1cccc2[cH-]c(-c3ccccn3)cc12.[Cl-].[Cl-].[Zr+4]. The number of fused-ring (bicyclic) bond motifs is 2. The van der Waals surface area contributed by atoms with E-state index in [0.717, 1.165) is 11.4 Å². The van der Waals surface area contributed by atoms with Gasteiger partial charge in [-0.1, -0.05) is 87.4 Å². The zero-order chi connectivity index (χ0) is 25.1. The second kappa shape index (κ2) is 14.7. The maximum atomic E-state index is 4.42. The van der Waals surface area contributed by atoms with Gasteiger partial charge in [-0.25, -0.2) is 0 Å². The van der Waals surface area contributed by atoms with Gasteiger partial charge in [0.2, 0.25) is 0 Å². The molecular formula is C34H32Cl2N2Zr. The van der Waals surface area contributed by atoms with Gasteiger partial charge in [0.25, 0.3) is 0 Å². The molecule has 196 valence electrons. The Morgan fingerprint density at radius 3 is 1.28 bits per heavy atom. The summed E-state index contributed by atoms with van der Waals surface area (Å²) < 4.78 is 0. The van der Waals surface area contributed by atoms with Crippen molar-refractivity contribution < 1.29 is 51.0 Å². The summed E-state index contributed by atoms with van der Waals surface area (Å²) in [5.41, 5.74) is 7.33. The predicted octanol–water partition coefficient (Wildman–Crippen LogP) is 3.49. The molecule has 0 atom stereocenters. The first-order chi connectivity index (χ1) is 17.5. The van der Waals surface area contributed by atoms with Crippen LogP contribution >= 0.6 is 0 Å². The molecular weight excluding hydrogens is 599 g/mol. The quantitative estimate of drug-likeness (QED) is 0.279. The number of rotatable bonds is 4. The molecule has 0 amide bonds. The van der Waals surface area contributed by atoms with Crippen molar-refractivity contribution in [3.05, 3.63) is 121 Å². The number of halogens is 2. The molecule has 0 aliphatic rings. The van der Waals surface area contributed by atoms with Crippen molar-refractivity contribution in [3.63, 3.8) is 0 Å². The minimum Gasteiger partial charge on any atom is -1.00 e. The summed E-state index contributed by atoms with van der Waals surface area (Å²) in [6.07, 6.45) is 3.69. The fourth-order valence-corrected chi connectivity index (χ4v) is 4.89. The van der Waals surface area contributed by atoms with Crippen LogP contribution in [0.4, 0.5) is 0 Å². The Morgan fingerprint density at radius 1 is 0.538 bits per heavy atom. The molecule has 0 saturated heterocycles. The van der Waals surface area contributed by atoms with Gasteiger partial charge in [-0.3, -0.25) is 9.97 Å². The number of hydrogen-bond donors (Lipinski definition) is 0. The monoisotopic (exact) mass is 628 g/mol. The molecule has 0 fully saturated rings. The minimum atomic E-state index is 0. The summed E-state index contributed by atoms with van der Waals surface area (Å²) >= 11 is 0. The summed E-state index contributed by atoms with van der Waals surface area (Å²) in [5, 5.41) is 5.32. The van der Waals surface area contributed by atoms with E-state index in [1.54, 1.807) is 0 Å². The second-order valence-electron chi connectivity index (χ2n) is 9.93. The topological polar surface area (TPSA) is 25.8 Å². The van der Waals surface area contributed by atoms with Crippen LogP contribution in [0.1, 0.15) is 50.7 Å². The van der Waals surface area contributed by atoms with E-state index in [1.807, 2.05) is 36.7 Å². The van der Waals surface area contributed by atoms with Crippen molar-refractivity contribution in [3.8, 4) is 22.5 Å². The molecule has 0 saturated carbocycles. The van der Waals surface area contributed by atoms with Crippen LogP contribution in [0.2, 0.25) is 0 Å². The normalized spacial score (nSPS) is 10.4. The Hall–Kier alpha value is -2.58. The number of pyridine rings is 2. The largest absolute Gasteiger partial charge is 4.00 e. The Kier molecular flexibility index (Phi) is 12.3. The van der Waals surface area contributed by atoms with Gasteiger partial charge in [0.1, 0.15) is 0 Å². The molecule has 0 aliphatic heterocycles. The zero-order valence-electron chi connectivity index (χ0n) is 22.7. The first-order valence-corrected chi connectivity index (χ1v) is 12.7. The molecule has 0 aliphatic carbocycles. The number of aromatic nitrogens is 2. The van der Waals surface area contributed by atoms with Gasteiger partial charge >= 0.3 is 26.2 Å². The van der Waals surface area contributed by atoms with Crippen molar-refractivity contribution in [2.24, 2.45) is 0 Å². The van der Waals surface area contributed by atoms with E-state index in [9.17, 15) is 0 Å². The Morgan fingerprint density at radius 2 is 0.949 bits per heavy atom. The number of nitrogens with zero attached hydrogens (tertiary/aromatic N) is 2. The third-order valence-electron chi connectivity index (χ3n) is 6.73. The summed E-state index contributed by atoms with van der Waals surface area (Å²) in [6.45, 7) is 8.95. The fraction of sp³-hybridized carbons (Fsp3) is 0.176. The first kappa shape index (κ1) is 32.6. The van der Waals surface area contributed by atoms with Crippen LogP contribution < -0.4 is 24.8 Å². The molecule has 6 rings (SSSR count). The van der Waals surface area contributed by atoms with Crippen LogP contribution in [-0.2, 0) is 26.2 Å². The molecule has 0 spiro atoms. The smallest absolute Gasteiger partial charge is 1.00 e. The molecule has 0 radical (unpaired) electrons. The van der Waals surface area contributed by atoms with Crippen LogP contribution in [0.15, 0.2) is 109 Å². The maximum absolute atomic E-state index is 4.42. The van der Waals surface area contributed by atoms with Crippen LogP contribution in [0.3, 0.4) is 0 Å². The van der Waals surface area contributed by atoms with Crippen molar-refractivity contribution in [1.29, 1.82) is 0 Å². The van der Waals surface area contributed by atoms with Crippen LogP contribution in [0, 0.1) is 0 Å². The van der Waals surface area contributed by atoms with Gasteiger partial charge < -0.3 is 24.8 Å². The zero-order valence-corrected chi connectivity index (χ0v) is 26.7. The van der Waals surface area contributed by atoms with E-state index in [1.165, 1.54) is 43.8 Å². The van der Waals surface area contributed by atoms with Crippen molar-refractivity contribution in [1.82, 2.24) is 9.97 Å². The number of hydrogen-bond acceptors (Lipinski definition) is 2. The Bertz CT molecular complexity index is 1460. The van der Waals surface area contributed by atoms with Gasteiger partial charge in [-0.05, 0) is 24.0 Å². The number of benzene rings is 2. The van der Waals surface area contributed by atoms with Crippen LogP contribution in [0.25, 0.3) is 44.1 Å². The predicted molar refractivity (Wildman–Crippen MR) is 154 cm³/mol. The third-order valence-corrected chi connectivity index (χ3v) is 6.73. The van der Waals surface area contributed by atoms with Crippen molar-refractivity contribution in [2.75, 3.05) is 0 Å². The summed E-state index contributed by atoms with van der Waals surface area (Å²) in [5.74, 6) is 1.10. The molecule has 6 aromatic rings. The molecule has 4 aromatic carbocycles. The van der Waals surface area contributed by atoms with Gasteiger partial charge in [-0.15, -0.1) is 69.1 Å². The molecule has 0 unspecified atom stereocenters. The van der Waals surface area contributed by atoms with Gasteiger partial charge in [0.05, 0.1) is 0 Å². The summed E-state index contributed by atoms with van der Waals surface area (Å²) in [4.78, 5) is 8.84. The summed E-state index contributed by atoms with van der Waals surface area (Å²) in [6, 6.07) is 34.1. The van der Waals surface area contributed by atoms with Crippen LogP contribution in [-0.4, -0.2) is 9.97 Å².